The first-order valence-electron chi connectivity index (χ1n) is 7.78. The Balaban J connectivity index is 1.76. The minimum atomic E-state index is -0.550. The summed E-state index contributed by atoms with van der Waals surface area (Å²) in [4.78, 5) is 25.4. The maximum Gasteiger partial charge on any atom is 0.341 e. The van der Waals surface area contributed by atoms with Crippen molar-refractivity contribution in [1.29, 1.82) is 0 Å². The van der Waals surface area contributed by atoms with Crippen molar-refractivity contribution < 1.29 is 18.7 Å². The number of ether oxygens (including phenoxy) is 1. The molecule has 1 aliphatic carbocycles. The molecular formula is C18H18FNO3S. The van der Waals surface area contributed by atoms with Crippen molar-refractivity contribution in [1.82, 2.24) is 0 Å². The Kier molecular flexibility index (Phi) is 4.66. The monoisotopic (exact) mass is 347 g/mol. The van der Waals surface area contributed by atoms with Crippen LogP contribution >= 0.6 is 11.3 Å². The molecule has 1 aliphatic rings. The minimum Gasteiger partial charge on any atom is -0.457 e. The fraction of sp³-hybridized carbons (Fsp3) is 0.333. The molecule has 1 N–H and O–H groups in total. The van der Waals surface area contributed by atoms with Gasteiger partial charge < -0.3 is 10.1 Å². The number of carbonyl (C=O) groups is 2. The number of hydrogen-bond acceptors (Lipinski definition) is 4. The lowest BCUT2D eigenvalue weighted by atomic mass is 10.1. The van der Waals surface area contributed by atoms with Crippen LogP contribution < -0.4 is 5.32 Å². The second-order valence-corrected chi connectivity index (χ2v) is 7.14. The van der Waals surface area contributed by atoms with Gasteiger partial charge in [-0.05, 0) is 38.3 Å². The van der Waals surface area contributed by atoms with Gasteiger partial charge >= 0.3 is 5.97 Å². The van der Waals surface area contributed by atoms with Crippen molar-refractivity contribution in [2.45, 2.75) is 33.3 Å². The van der Waals surface area contributed by atoms with Gasteiger partial charge in [-0.1, -0.05) is 18.2 Å². The van der Waals surface area contributed by atoms with E-state index in [1.54, 1.807) is 18.2 Å². The average molecular weight is 347 g/mol. The number of thiophene rings is 1. The zero-order valence-electron chi connectivity index (χ0n) is 13.5. The molecule has 1 amide bonds. The van der Waals surface area contributed by atoms with Crippen LogP contribution in [0, 0.1) is 25.6 Å². The lowest BCUT2D eigenvalue weighted by Gasteiger charge is -2.08. The number of nitrogens with one attached hydrogen (secondary N) is 1. The number of aryl methyl sites for hydroxylation is 1. The summed E-state index contributed by atoms with van der Waals surface area (Å²) in [6.07, 6.45) is 1.78. The summed E-state index contributed by atoms with van der Waals surface area (Å²) in [5, 5.41) is 3.34. The minimum absolute atomic E-state index is 0.0509. The molecule has 0 atom stereocenters. The fourth-order valence-corrected chi connectivity index (χ4v) is 3.40. The largest absolute Gasteiger partial charge is 0.457 e. The number of benzene rings is 1. The predicted octanol–water partition coefficient (Wildman–Crippen LogP) is 4.21. The first kappa shape index (κ1) is 16.6. The van der Waals surface area contributed by atoms with Gasteiger partial charge in [-0.2, -0.15) is 0 Å². The van der Waals surface area contributed by atoms with Crippen molar-refractivity contribution in [3.8, 4) is 0 Å². The number of hydrogen-bond donors (Lipinski definition) is 1. The van der Waals surface area contributed by atoms with Gasteiger partial charge in [-0.3, -0.25) is 4.79 Å². The fourth-order valence-electron chi connectivity index (χ4n) is 2.35. The second-order valence-electron chi connectivity index (χ2n) is 5.92. The van der Waals surface area contributed by atoms with Crippen LogP contribution in [0.4, 0.5) is 9.39 Å². The Labute approximate surface area is 143 Å². The van der Waals surface area contributed by atoms with Crippen LogP contribution in [0.5, 0.6) is 0 Å². The molecule has 3 rings (SSSR count). The molecular weight excluding hydrogens is 329 g/mol. The van der Waals surface area contributed by atoms with Crippen LogP contribution in [0.2, 0.25) is 0 Å². The van der Waals surface area contributed by atoms with E-state index in [1.807, 2.05) is 13.8 Å². The highest BCUT2D eigenvalue weighted by Gasteiger charge is 2.31. The van der Waals surface area contributed by atoms with E-state index in [1.165, 1.54) is 17.4 Å². The highest BCUT2D eigenvalue weighted by molar-refractivity contribution is 7.16. The summed E-state index contributed by atoms with van der Waals surface area (Å²) in [7, 11) is 0. The topological polar surface area (TPSA) is 55.4 Å². The van der Waals surface area contributed by atoms with E-state index in [2.05, 4.69) is 5.32 Å². The van der Waals surface area contributed by atoms with E-state index in [9.17, 15) is 14.0 Å². The maximum absolute atomic E-state index is 13.6. The van der Waals surface area contributed by atoms with Gasteiger partial charge in [0, 0.05) is 16.4 Å². The number of amides is 1. The number of anilines is 1. The molecule has 2 aromatic rings. The van der Waals surface area contributed by atoms with Crippen molar-refractivity contribution in [2.24, 2.45) is 5.92 Å². The van der Waals surface area contributed by atoms with Gasteiger partial charge in [0.25, 0.3) is 0 Å². The molecule has 1 aromatic heterocycles. The summed E-state index contributed by atoms with van der Waals surface area (Å²) >= 11 is 1.36. The third kappa shape index (κ3) is 3.48. The molecule has 4 nitrogen and oxygen atoms in total. The summed E-state index contributed by atoms with van der Waals surface area (Å²) in [5.74, 6) is -0.966. The number of carbonyl (C=O) groups excluding carboxylic acids is 2. The Morgan fingerprint density at radius 3 is 2.67 bits per heavy atom. The van der Waals surface area contributed by atoms with Gasteiger partial charge in [0.2, 0.25) is 5.91 Å². The molecule has 1 saturated carbocycles. The van der Waals surface area contributed by atoms with Gasteiger partial charge in [-0.25, -0.2) is 9.18 Å². The lowest BCUT2D eigenvalue weighted by molar-refractivity contribution is -0.117. The molecule has 0 saturated heterocycles. The normalized spacial score (nSPS) is 13.6. The highest BCUT2D eigenvalue weighted by atomic mass is 32.1. The van der Waals surface area contributed by atoms with Crippen LogP contribution in [0.1, 0.15) is 39.2 Å². The number of rotatable bonds is 5. The van der Waals surface area contributed by atoms with E-state index in [4.69, 9.17) is 4.74 Å². The third-order valence-corrected chi connectivity index (χ3v) is 5.21. The summed E-state index contributed by atoms with van der Waals surface area (Å²) in [5.41, 5.74) is 1.46. The van der Waals surface area contributed by atoms with Crippen molar-refractivity contribution in [3.05, 3.63) is 51.7 Å². The summed E-state index contributed by atoms with van der Waals surface area (Å²) in [6, 6.07) is 6.17. The molecule has 0 unspecified atom stereocenters. The molecule has 24 heavy (non-hydrogen) atoms. The highest BCUT2D eigenvalue weighted by Crippen LogP contribution is 2.36. The first-order chi connectivity index (χ1) is 11.5. The Bertz CT molecular complexity index is 796. The molecule has 0 spiro atoms. The molecule has 6 heteroatoms. The maximum atomic E-state index is 13.6. The molecule has 0 aliphatic heterocycles. The predicted molar refractivity (Wildman–Crippen MR) is 90.7 cm³/mol. The second kappa shape index (κ2) is 6.73. The van der Waals surface area contributed by atoms with E-state index in [-0.39, 0.29) is 18.4 Å². The standard InChI is InChI=1S/C18H18FNO3S/c1-10-11(2)24-17(20-16(21)12-7-8-12)15(10)18(22)23-9-13-5-3-4-6-14(13)19/h3-6,12H,7-9H2,1-2H3,(H,20,21). The smallest absolute Gasteiger partial charge is 0.341 e. The summed E-state index contributed by atoms with van der Waals surface area (Å²) in [6.45, 7) is 3.56. The van der Waals surface area contributed by atoms with Crippen LogP contribution in [-0.2, 0) is 16.1 Å². The number of esters is 1. The van der Waals surface area contributed by atoms with E-state index in [0.29, 0.717) is 16.1 Å². The lowest BCUT2D eigenvalue weighted by Crippen LogP contribution is -2.16. The molecule has 0 radical (unpaired) electrons. The third-order valence-electron chi connectivity index (χ3n) is 4.09. The molecule has 1 heterocycles. The van der Waals surface area contributed by atoms with Gasteiger partial charge in [0.1, 0.15) is 17.4 Å². The van der Waals surface area contributed by atoms with Gasteiger partial charge in [0.15, 0.2) is 0 Å². The SMILES string of the molecule is Cc1sc(NC(=O)C2CC2)c(C(=O)OCc2ccccc2F)c1C. The Morgan fingerprint density at radius 2 is 2.00 bits per heavy atom. The van der Waals surface area contributed by atoms with E-state index >= 15 is 0 Å². The Hall–Kier alpha value is -2.21. The van der Waals surface area contributed by atoms with Crippen molar-refractivity contribution in [2.75, 3.05) is 5.32 Å². The zero-order chi connectivity index (χ0) is 17.3. The molecule has 1 fully saturated rings. The zero-order valence-corrected chi connectivity index (χ0v) is 14.3. The average Bonchev–Trinajstić information content (AvgIpc) is 3.35. The van der Waals surface area contributed by atoms with Crippen LogP contribution in [0.25, 0.3) is 0 Å². The molecule has 1 aromatic carbocycles. The molecule has 0 bridgehead atoms. The van der Waals surface area contributed by atoms with E-state index in [0.717, 1.165) is 23.3 Å². The van der Waals surface area contributed by atoms with Crippen LogP contribution in [-0.4, -0.2) is 11.9 Å². The Morgan fingerprint density at radius 1 is 1.29 bits per heavy atom. The van der Waals surface area contributed by atoms with Crippen molar-refractivity contribution >= 4 is 28.2 Å². The van der Waals surface area contributed by atoms with Crippen molar-refractivity contribution in [3.63, 3.8) is 0 Å². The van der Waals surface area contributed by atoms with Crippen LogP contribution in [0.15, 0.2) is 24.3 Å². The first-order valence-corrected chi connectivity index (χ1v) is 8.60. The molecule has 126 valence electrons. The van der Waals surface area contributed by atoms with E-state index < -0.39 is 11.8 Å². The number of halogens is 1. The summed E-state index contributed by atoms with van der Waals surface area (Å²) < 4.78 is 18.9. The quantitative estimate of drug-likeness (QED) is 0.824. The van der Waals surface area contributed by atoms with Crippen LogP contribution in [0.3, 0.4) is 0 Å². The van der Waals surface area contributed by atoms with Gasteiger partial charge in [0.05, 0.1) is 5.56 Å². The van der Waals surface area contributed by atoms with Gasteiger partial charge in [-0.15, -0.1) is 11.3 Å².